The van der Waals surface area contributed by atoms with Gasteiger partial charge in [0.15, 0.2) is 6.10 Å². The van der Waals surface area contributed by atoms with E-state index in [0.717, 1.165) is 57.8 Å². The van der Waals surface area contributed by atoms with Crippen LogP contribution in [0.2, 0.25) is 0 Å². The van der Waals surface area contributed by atoms with Gasteiger partial charge in [-0.25, -0.2) is 0 Å². The lowest BCUT2D eigenvalue weighted by atomic mass is 10.0. The number of rotatable bonds is 49. The number of carboxylic acid groups (broad SMARTS) is 1. The van der Waals surface area contributed by atoms with E-state index in [1.54, 1.807) is 21.1 Å². The zero-order valence-electron chi connectivity index (χ0n) is 42.3. The molecule has 0 aromatic rings. The lowest BCUT2D eigenvalue weighted by Crippen LogP contribution is -2.55. The maximum absolute atomic E-state index is 12.8. The Hall–Kier alpha value is -2.19. The molecule has 0 radical (unpaired) electrons. The minimum Gasteiger partial charge on any atom is -0.544 e. The van der Waals surface area contributed by atoms with Gasteiger partial charge in [-0.1, -0.05) is 224 Å². The second-order valence-electron chi connectivity index (χ2n) is 19.5. The minimum absolute atomic E-state index is 0.0388. The van der Waals surface area contributed by atoms with Crippen LogP contribution in [0.3, 0.4) is 0 Å². The van der Waals surface area contributed by atoms with Gasteiger partial charge in [-0.3, -0.25) is 9.59 Å². The summed E-state index contributed by atoms with van der Waals surface area (Å²) in [6.07, 6.45) is 53.5. The number of hydrogen-bond donors (Lipinski definition) is 0. The molecule has 0 rings (SSSR count). The highest BCUT2D eigenvalue weighted by atomic mass is 16.6. The van der Waals surface area contributed by atoms with Crippen LogP contribution in [0.5, 0.6) is 0 Å². The third-order valence-corrected chi connectivity index (χ3v) is 12.4. The maximum atomic E-state index is 12.8. The molecule has 63 heavy (non-hydrogen) atoms. The van der Waals surface area contributed by atoms with Crippen LogP contribution in [0.25, 0.3) is 0 Å². The standard InChI is InChI=1S/C55H103NO7/c1-6-8-10-12-14-16-18-20-22-24-26-27-28-30-31-33-35-37-39-41-43-45-53(57)62-50-51(49-61-48-47-52(55(59)60)56(3,4)5)63-54(58)46-44-42-40-38-36-34-32-29-25-23-21-19-17-15-13-11-9-7-2/h23,25,29,32,51-52H,6-22,24,26-28,30-31,33-50H2,1-5H3/b25-23+,32-29+. The molecule has 0 fully saturated rings. The summed E-state index contributed by atoms with van der Waals surface area (Å²) >= 11 is 0. The summed E-state index contributed by atoms with van der Waals surface area (Å²) < 4.78 is 17.3. The highest BCUT2D eigenvalue weighted by Crippen LogP contribution is 2.17. The molecule has 0 bridgehead atoms. The minimum atomic E-state index is -1.12. The first kappa shape index (κ1) is 60.8. The van der Waals surface area contributed by atoms with Crippen LogP contribution in [-0.2, 0) is 28.6 Å². The highest BCUT2D eigenvalue weighted by molar-refractivity contribution is 5.70. The van der Waals surface area contributed by atoms with Gasteiger partial charge >= 0.3 is 11.9 Å². The molecule has 0 aromatic carbocycles. The van der Waals surface area contributed by atoms with E-state index < -0.39 is 18.1 Å². The molecule has 0 N–H and O–H groups in total. The number of allylic oxidation sites excluding steroid dienone is 4. The van der Waals surface area contributed by atoms with Gasteiger partial charge < -0.3 is 28.6 Å². The van der Waals surface area contributed by atoms with E-state index in [4.69, 9.17) is 14.2 Å². The third-order valence-electron chi connectivity index (χ3n) is 12.4. The van der Waals surface area contributed by atoms with Gasteiger partial charge in [0.1, 0.15) is 12.6 Å². The molecule has 8 heteroatoms. The SMILES string of the molecule is CCCCCCCCC/C=C/C=C/CCCCCCCC(=O)OC(COCCC(C(=O)[O-])[N+](C)(C)C)COC(=O)CCCCCCCCCCCCCCCCCCCCCCC. The fourth-order valence-electron chi connectivity index (χ4n) is 8.18. The molecule has 2 unspecified atom stereocenters. The molecule has 370 valence electrons. The van der Waals surface area contributed by atoms with Gasteiger partial charge in [0.05, 0.1) is 40.3 Å². The Bertz CT molecular complexity index is 1080. The van der Waals surface area contributed by atoms with Gasteiger partial charge in [0.2, 0.25) is 0 Å². The predicted molar refractivity (Wildman–Crippen MR) is 264 cm³/mol. The van der Waals surface area contributed by atoms with Gasteiger partial charge in [0, 0.05) is 19.3 Å². The summed E-state index contributed by atoms with van der Waals surface area (Å²) in [4.78, 5) is 37.1. The first-order chi connectivity index (χ1) is 30.6. The van der Waals surface area contributed by atoms with E-state index in [0.29, 0.717) is 12.8 Å². The fraction of sp³-hybridized carbons (Fsp3) is 0.873. The average Bonchev–Trinajstić information content (AvgIpc) is 3.24. The molecular formula is C55H103NO7. The largest absolute Gasteiger partial charge is 0.544 e. The van der Waals surface area contributed by atoms with E-state index in [2.05, 4.69) is 38.2 Å². The third kappa shape index (κ3) is 44.8. The summed E-state index contributed by atoms with van der Waals surface area (Å²) in [7, 11) is 5.42. The summed E-state index contributed by atoms with van der Waals surface area (Å²) in [5, 5.41) is 11.7. The monoisotopic (exact) mass is 890 g/mol. The molecule has 0 aliphatic rings. The van der Waals surface area contributed by atoms with Crippen molar-refractivity contribution in [2.24, 2.45) is 0 Å². The second-order valence-corrected chi connectivity index (χ2v) is 19.5. The normalized spacial score (nSPS) is 13.0. The van der Waals surface area contributed by atoms with Gasteiger partial charge in [-0.15, -0.1) is 0 Å². The summed E-state index contributed by atoms with van der Waals surface area (Å²) in [5.41, 5.74) is 0. The summed E-state index contributed by atoms with van der Waals surface area (Å²) in [6.45, 7) is 4.69. The van der Waals surface area contributed by atoms with Crippen molar-refractivity contribution in [1.82, 2.24) is 0 Å². The maximum Gasteiger partial charge on any atom is 0.306 e. The van der Waals surface area contributed by atoms with E-state index in [9.17, 15) is 19.5 Å². The summed E-state index contributed by atoms with van der Waals surface area (Å²) in [5.74, 6) is -1.74. The number of aliphatic carboxylic acids is 1. The van der Waals surface area contributed by atoms with Crippen molar-refractivity contribution in [3.05, 3.63) is 24.3 Å². The molecule has 0 spiro atoms. The van der Waals surface area contributed by atoms with Crippen LogP contribution in [0.1, 0.15) is 258 Å². The van der Waals surface area contributed by atoms with E-state index in [1.807, 2.05) is 0 Å². The second kappa shape index (κ2) is 46.3. The van der Waals surface area contributed by atoms with Crippen molar-refractivity contribution >= 4 is 17.9 Å². The van der Waals surface area contributed by atoms with Crippen LogP contribution in [-0.4, -0.2) is 75.5 Å². The van der Waals surface area contributed by atoms with Gasteiger partial charge in [-0.2, -0.15) is 0 Å². The number of nitrogens with zero attached hydrogens (tertiary/aromatic N) is 1. The van der Waals surface area contributed by atoms with Crippen LogP contribution in [0.4, 0.5) is 0 Å². The quantitative estimate of drug-likeness (QED) is 0.0259. The molecule has 8 nitrogen and oxygen atoms in total. The van der Waals surface area contributed by atoms with Crippen molar-refractivity contribution in [2.45, 2.75) is 270 Å². The molecule has 0 amide bonds. The van der Waals surface area contributed by atoms with Crippen molar-refractivity contribution in [1.29, 1.82) is 0 Å². The zero-order chi connectivity index (χ0) is 46.3. The summed E-state index contributed by atoms with van der Waals surface area (Å²) in [6, 6.07) is -0.727. The number of carboxylic acids is 1. The van der Waals surface area contributed by atoms with Crippen LogP contribution in [0.15, 0.2) is 24.3 Å². The van der Waals surface area contributed by atoms with Gasteiger partial charge in [-0.05, 0) is 38.5 Å². The number of ether oxygens (including phenoxy) is 3. The Labute approximate surface area is 390 Å². The highest BCUT2D eigenvalue weighted by Gasteiger charge is 2.25. The van der Waals surface area contributed by atoms with Crippen molar-refractivity contribution in [3.8, 4) is 0 Å². The first-order valence-electron chi connectivity index (χ1n) is 26.9. The lowest BCUT2D eigenvalue weighted by Gasteiger charge is -2.34. The number of esters is 2. The zero-order valence-corrected chi connectivity index (χ0v) is 42.3. The average molecular weight is 890 g/mol. The molecule has 0 heterocycles. The molecule has 2 atom stereocenters. The fourth-order valence-corrected chi connectivity index (χ4v) is 8.18. The van der Waals surface area contributed by atoms with E-state index in [-0.39, 0.29) is 42.7 Å². The number of hydrogen-bond acceptors (Lipinski definition) is 7. The van der Waals surface area contributed by atoms with Crippen LogP contribution < -0.4 is 5.11 Å². The van der Waals surface area contributed by atoms with Crippen molar-refractivity contribution < 1.29 is 38.2 Å². The smallest absolute Gasteiger partial charge is 0.306 e. The molecule has 0 aliphatic heterocycles. The Morgan fingerprint density at radius 3 is 1.19 bits per heavy atom. The molecule has 0 saturated carbocycles. The van der Waals surface area contributed by atoms with Crippen molar-refractivity contribution in [3.63, 3.8) is 0 Å². The van der Waals surface area contributed by atoms with E-state index in [1.165, 1.54) is 167 Å². The Morgan fingerprint density at radius 2 is 0.825 bits per heavy atom. The van der Waals surface area contributed by atoms with Crippen LogP contribution >= 0.6 is 0 Å². The number of carbonyl (C=O) groups excluding carboxylic acids is 3. The lowest BCUT2D eigenvalue weighted by molar-refractivity contribution is -0.889. The molecule has 0 aliphatic carbocycles. The Balaban J connectivity index is 4.20. The number of unbranched alkanes of at least 4 members (excludes halogenated alkanes) is 32. The molecular weight excluding hydrogens is 787 g/mol. The Morgan fingerprint density at radius 1 is 0.476 bits per heavy atom. The van der Waals surface area contributed by atoms with Crippen molar-refractivity contribution in [2.75, 3.05) is 41.0 Å². The number of carbonyl (C=O) groups is 3. The number of quaternary nitrogens is 1. The Kier molecular flexibility index (Phi) is 44.7. The van der Waals surface area contributed by atoms with Gasteiger partial charge in [0.25, 0.3) is 0 Å². The first-order valence-corrected chi connectivity index (χ1v) is 26.9. The molecule has 0 saturated heterocycles. The van der Waals surface area contributed by atoms with E-state index >= 15 is 0 Å². The molecule has 0 aromatic heterocycles. The topological polar surface area (TPSA) is 102 Å². The predicted octanol–water partition coefficient (Wildman–Crippen LogP) is 14.3. The number of likely N-dealkylation sites (N-methyl/N-ethyl adjacent to an activating group) is 1. The van der Waals surface area contributed by atoms with Crippen LogP contribution in [0, 0.1) is 0 Å².